The predicted octanol–water partition coefficient (Wildman–Crippen LogP) is 3.97. The Hall–Kier alpha value is -4.33. The number of ether oxygens (including phenoxy) is 2. The molecule has 0 bridgehead atoms. The van der Waals surface area contributed by atoms with E-state index in [1.165, 1.54) is 12.0 Å². The second-order valence-corrected chi connectivity index (χ2v) is 8.05. The number of benzene rings is 2. The highest BCUT2D eigenvalue weighted by Gasteiger charge is 2.45. The van der Waals surface area contributed by atoms with Crippen LogP contribution >= 0.6 is 0 Å². The molecule has 0 saturated carbocycles. The third-order valence-corrected chi connectivity index (χ3v) is 5.82. The van der Waals surface area contributed by atoms with E-state index in [0.717, 1.165) is 0 Å². The number of ketones is 1. The van der Waals surface area contributed by atoms with Gasteiger partial charge in [0.15, 0.2) is 0 Å². The summed E-state index contributed by atoms with van der Waals surface area (Å²) in [6.45, 7) is 4.98. The largest absolute Gasteiger partial charge is 0.507 e. The molecule has 2 heterocycles. The van der Waals surface area contributed by atoms with Crippen molar-refractivity contribution < 1.29 is 24.2 Å². The Labute approximate surface area is 203 Å². The fraction of sp³-hybridized carbons (Fsp3) is 0.222. The van der Waals surface area contributed by atoms with Crippen LogP contribution in [0.3, 0.4) is 0 Å². The summed E-state index contributed by atoms with van der Waals surface area (Å²) in [5.41, 5.74) is 1.14. The second-order valence-electron chi connectivity index (χ2n) is 8.05. The molecule has 4 rings (SSSR count). The molecule has 1 amide bonds. The van der Waals surface area contributed by atoms with Gasteiger partial charge in [-0.1, -0.05) is 36.9 Å². The fourth-order valence-electron chi connectivity index (χ4n) is 4.13. The first-order valence-electron chi connectivity index (χ1n) is 11.3. The fourth-order valence-corrected chi connectivity index (χ4v) is 4.13. The molecular formula is C27H27N3O5. The molecule has 1 atom stereocenters. The van der Waals surface area contributed by atoms with Crippen LogP contribution in [-0.4, -0.2) is 51.5 Å². The lowest BCUT2D eigenvalue weighted by atomic mass is 9.95. The molecule has 8 nitrogen and oxygen atoms in total. The van der Waals surface area contributed by atoms with Crippen molar-refractivity contribution in [2.24, 2.45) is 0 Å². The van der Waals surface area contributed by atoms with E-state index in [4.69, 9.17) is 9.47 Å². The van der Waals surface area contributed by atoms with Crippen LogP contribution in [0.2, 0.25) is 0 Å². The number of aryl methyl sites for hydroxylation is 1. The molecule has 0 aliphatic carbocycles. The summed E-state index contributed by atoms with van der Waals surface area (Å²) in [5, 5.41) is 11.2. The smallest absolute Gasteiger partial charge is 0.295 e. The number of rotatable bonds is 10. The molecule has 8 heteroatoms. The first kappa shape index (κ1) is 23.8. The molecular weight excluding hydrogens is 446 g/mol. The van der Waals surface area contributed by atoms with Gasteiger partial charge in [0, 0.05) is 31.0 Å². The van der Waals surface area contributed by atoms with Crippen molar-refractivity contribution in [2.45, 2.75) is 19.0 Å². The zero-order valence-electron chi connectivity index (χ0n) is 19.5. The monoisotopic (exact) mass is 473 g/mol. The van der Waals surface area contributed by atoms with Gasteiger partial charge in [-0.05, 0) is 36.2 Å². The summed E-state index contributed by atoms with van der Waals surface area (Å²) >= 11 is 0. The molecule has 1 saturated heterocycles. The Morgan fingerprint density at radius 3 is 2.63 bits per heavy atom. The number of methoxy groups -OCH3 is 1. The zero-order valence-corrected chi connectivity index (χ0v) is 19.5. The van der Waals surface area contributed by atoms with Crippen LogP contribution in [0.4, 0.5) is 0 Å². The standard InChI is InChI=1S/C27H27N3O5/c1-3-16-35-21-10-8-19(9-11-21)24-23(25(31)20-6-4-7-22(17-20)34-2)26(32)27(33)30(24)14-5-13-29-15-12-28-18-29/h3-4,6-12,15,17-18,24,31H,1,5,13-14,16H2,2H3. The van der Waals surface area contributed by atoms with Crippen molar-refractivity contribution in [1.82, 2.24) is 14.5 Å². The number of amides is 1. The molecule has 1 fully saturated rings. The van der Waals surface area contributed by atoms with Gasteiger partial charge in [0.25, 0.3) is 11.7 Å². The molecule has 2 aromatic carbocycles. The lowest BCUT2D eigenvalue weighted by Crippen LogP contribution is -2.31. The van der Waals surface area contributed by atoms with E-state index >= 15 is 0 Å². The van der Waals surface area contributed by atoms with Crippen LogP contribution in [0, 0.1) is 0 Å². The minimum absolute atomic E-state index is 0.0469. The van der Waals surface area contributed by atoms with Crippen molar-refractivity contribution in [3.8, 4) is 11.5 Å². The van der Waals surface area contributed by atoms with Gasteiger partial charge >= 0.3 is 0 Å². The third kappa shape index (κ3) is 5.11. The van der Waals surface area contributed by atoms with E-state index in [1.54, 1.807) is 67.1 Å². The average Bonchev–Trinajstić information content (AvgIpc) is 3.50. The normalized spacial score (nSPS) is 16.9. The Morgan fingerprint density at radius 1 is 1.14 bits per heavy atom. The Balaban J connectivity index is 1.71. The van der Waals surface area contributed by atoms with Gasteiger partial charge in [-0.2, -0.15) is 0 Å². The lowest BCUT2D eigenvalue weighted by molar-refractivity contribution is -0.139. The van der Waals surface area contributed by atoms with E-state index < -0.39 is 17.7 Å². The third-order valence-electron chi connectivity index (χ3n) is 5.82. The Bertz CT molecular complexity index is 1230. The lowest BCUT2D eigenvalue weighted by Gasteiger charge is -2.25. The summed E-state index contributed by atoms with van der Waals surface area (Å²) in [5.74, 6) is -0.430. The van der Waals surface area contributed by atoms with Crippen LogP contribution in [-0.2, 0) is 16.1 Å². The quantitative estimate of drug-likeness (QED) is 0.207. The summed E-state index contributed by atoms with van der Waals surface area (Å²) in [7, 11) is 1.52. The number of imidazole rings is 1. The molecule has 0 spiro atoms. The molecule has 1 N–H and O–H groups in total. The van der Waals surface area contributed by atoms with Crippen molar-refractivity contribution >= 4 is 17.4 Å². The number of nitrogens with zero attached hydrogens (tertiary/aromatic N) is 3. The summed E-state index contributed by atoms with van der Waals surface area (Å²) in [6, 6.07) is 13.2. The van der Waals surface area contributed by atoms with E-state index in [2.05, 4.69) is 11.6 Å². The van der Waals surface area contributed by atoms with Crippen LogP contribution < -0.4 is 9.47 Å². The van der Waals surface area contributed by atoms with E-state index in [0.29, 0.717) is 48.7 Å². The van der Waals surface area contributed by atoms with Crippen molar-refractivity contribution in [2.75, 3.05) is 20.3 Å². The molecule has 1 aliphatic heterocycles. The highest BCUT2D eigenvalue weighted by Crippen LogP contribution is 2.40. The number of Topliss-reactive ketones (excluding diaryl/α,β-unsaturated/α-hetero) is 1. The second kappa shape index (κ2) is 10.7. The van der Waals surface area contributed by atoms with Gasteiger partial charge in [0.2, 0.25) is 0 Å². The average molecular weight is 474 g/mol. The zero-order chi connectivity index (χ0) is 24.8. The summed E-state index contributed by atoms with van der Waals surface area (Å²) < 4.78 is 12.7. The minimum Gasteiger partial charge on any atom is -0.507 e. The number of carbonyl (C=O) groups excluding carboxylic acids is 2. The van der Waals surface area contributed by atoms with Gasteiger partial charge in [-0.25, -0.2) is 4.98 Å². The highest BCUT2D eigenvalue weighted by molar-refractivity contribution is 6.46. The number of aliphatic hydroxyl groups is 1. The number of aromatic nitrogens is 2. The number of likely N-dealkylation sites (tertiary alicyclic amines) is 1. The summed E-state index contributed by atoms with van der Waals surface area (Å²) in [4.78, 5) is 31.8. The van der Waals surface area contributed by atoms with E-state index in [9.17, 15) is 14.7 Å². The van der Waals surface area contributed by atoms with Gasteiger partial charge in [-0.15, -0.1) is 0 Å². The van der Waals surface area contributed by atoms with Crippen molar-refractivity contribution in [3.63, 3.8) is 0 Å². The maximum Gasteiger partial charge on any atom is 0.295 e. The van der Waals surface area contributed by atoms with Gasteiger partial charge in [0.1, 0.15) is 23.9 Å². The van der Waals surface area contributed by atoms with Crippen LogP contribution in [0.5, 0.6) is 11.5 Å². The first-order valence-corrected chi connectivity index (χ1v) is 11.3. The molecule has 3 aromatic rings. The summed E-state index contributed by atoms with van der Waals surface area (Å²) in [6.07, 6.45) is 7.50. The van der Waals surface area contributed by atoms with Crippen LogP contribution in [0.15, 0.2) is 85.5 Å². The molecule has 35 heavy (non-hydrogen) atoms. The predicted molar refractivity (Wildman–Crippen MR) is 131 cm³/mol. The highest BCUT2D eigenvalue weighted by atomic mass is 16.5. The topological polar surface area (TPSA) is 93.9 Å². The maximum absolute atomic E-state index is 13.2. The van der Waals surface area contributed by atoms with Crippen molar-refractivity contribution in [1.29, 1.82) is 0 Å². The molecule has 1 unspecified atom stereocenters. The van der Waals surface area contributed by atoms with Crippen LogP contribution in [0.25, 0.3) is 5.76 Å². The Kier molecular flexibility index (Phi) is 7.30. The molecule has 180 valence electrons. The number of aliphatic hydroxyl groups excluding tert-OH is 1. The number of hydrogen-bond acceptors (Lipinski definition) is 6. The maximum atomic E-state index is 13.2. The number of carbonyl (C=O) groups is 2. The minimum atomic E-state index is -0.738. The van der Waals surface area contributed by atoms with Crippen molar-refractivity contribution in [3.05, 3.63) is 96.6 Å². The number of hydrogen-bond donors (Lipinski definition) is 1. The van der Waals surface area contributed by atoms with E-state index in [1.807, 2.05) is 10.8 Å². The molecule has 0 radical (unpaired) electrons. The van der Waals surface area contributed by atoms with Gasteiger partial charge in [-0.3, -0.25) is 9.59 Å². The molecule has 1 aromatic heterocycles. The van der Waals surface area contributed by atoms with E-state index in [-0.39, 0.29) is 11.3 Å². The Morgan fingerprint density at radius 2 is 1.94 bits per heavy atom. The van der Waals surface area contributed by atoms with Gasteiger partial charge < -0.3 is 24.0 Å². The first-order chi connectivity index (χ1) is 17.0. The van der Waals surface area contributed by atoms with Gasteiger partial charge in [0.05, 0.1) is 25.1 Å². The van der Waals surface area contributed by atoms with Crippen LogP contribution in [0.1, 0.15) is 23.6 Å². The molecule has 1 aliphatic rings. The SMILES string of the molecule is C=CCOc1ccc(C2C(=C(O)c3cccc(OC)c3)C(=O)C(=O)N2CCCn2ccnc2)cc1.